The van der Waals surface area contributed by atoms with E-state index in [4.69, 9.17) is 18.9 Å². The first kappa shape index (κ1) is 28.3. The van der Waals surface area contributed by atoms with Gasteiger partial charge in [-0.05, 0) is 65.5 Å². The highest BCUT2D eigenvalue weighted by Crippen LogP contribution is 2.47. The quantitative estimate of drug-likeness (QED) is 0.272. The number of methoxy groups -OCH3 is 1. The van der Waals surface area contributed by atoms with E-state index in [1.807, 2.05) is 12.1 Å². The van der Waals surface area contributed by atoms with Crippen LogP contribution in [0.5, 0.6) is 17.2 Å². The highest BCUT2D eigenvalue weighted by atomic mass is 19.4. The van der Waals surface area contributed by atoms with E-state index >= 15 is 0 Å². The van der Waals surface area contributed by atoms with Crippen LogP contribution in [0.3, 0.4) is 0 Å². The predicted molar refractivity (Wildman–Crippen MR) is 152 cm³/mol. The van der Waals surface area contributed by atoms with E-state index in [9.17, 15) is 13.2 Å². The van der Waals surface area contributed by atoms with Gasteiger partial charge in [-0.1, -0.05) is 44.4 Å². The number of nitrogens with zero attached hydrogens (tertiary/aromatic N) is 1. The molecule has 1 unspecified atom stereocenters. The Morgan fingerprint density at radius 2 is 1.79 bits per heavy atom. The summed E-state index contributed by atoms with van der Waals surface area (Å²) >= 11 is 0. The maximum absolute atomic E-state index is 12.8. The second kappa shape index (κ2) is 11.8. The van der Waals surface area contributed by atoms with Gasteiger partial charge in [-0.2, -0.15) is 0 Å². The van der Waals surface area contributed by atoms with E-state index < -0.39 is 6.36 Å². The standard InChI is InChI=1S/C33H34F3NO5/c1-3-4-5-6-15-39-32-27-19-37-14-13-22-17-29-30(41-20-40-29)18-25(22)31(37)26(24(27)11-12-28(32)38-2)16-21-7-9-23(10-8-21)42-33(34,35)36/h7-12,17-19,32H,3-6,13-16,20H2,1-2H3. The van der Waals surface area contributed by atoms with Crippen LogP contribution in [0.2, 0.25) is 0 Å². The van der Waals surface area contributed by atoms with Crippen LogP contribution in [0.15, 0.2) is 77.2 Å². The van der Waals surface area contributed by atoms with Gasteiger partial charge in [-0.25, -0.2) is 0 Å². The second-order valence-corrected chi connectivity index (χ2v) is 10.8. The summed E-state index contributed by atoms with van der Waals surface area (Å²) in [6, 6.07) is 10.2. The largest absolute Gasteiger partial charge is 0.573 e. The number of hydrogen-bond donors (Lipinski definition) is 0. The second-order valence-electron chi connectivity index (χ2n) is 10.8. The first-order chi connectivity index (χ1) is 20.3. The lowest BCUT2D eigenvalue weighted by Crippen LogP contribution is -2.34. The van der Waals surface area contributed by atoms with Crippen LogP contribution in [-0.2, 0) is 22.3 Å². The van der Waals surface area contributed by atoms with Crippen molar-refractivity contribution in [2.75, 3.05) is 27.1 Å². The fourth-order valence-corrected chi connectivity index (χ4v) is 6.00. The molecule has 0 fully saturated rings. The summed E-state index contributed by atoms with van der Waals surface area (Å²) in [4.78, 5) is 2.26. The van der Waals surface area contributed by atoms with E-state index in [-0.39, 0.29) is 18.6 Å². The van der Waals surface area contributed by atoms with E-state index in [2.05, 4.69) is 34.9 Å². The third-order valence-electron chi connectivity index (χ3n) is 7.99. The molecule has 0 amide bonds. The molecule has 42 heavy (non-hydrogen) atoms. The first-order valence-electron chi connectivity index (χ1n) is 14.4. The molecule has 3 aliphatic heterocycles. The van der Waals surface area contributed by atoms with Crippen molar-refractivity contribution in [3.63, 3.8) is 0 Å². The smallest absolute Gasteiger partial charge is 0.498 e. The average molecular weight is 582 g/mol. The third-order valence-corrected chi connectivity index (χ3v) is 7.99. The van der Waals surface area contributed by atoms with Gasteiger partial charge < -0.3 is 28.6 Å². The maximum Gasteiger partial charge on any atom is 0.573 e. The molecule has 2 aromatic carbocycles. The SMILES string of the molecule is CCCCCCOC1C(OC)=CC=C2C1=CN1CCc3cc4c(cc3C1=C2Cc1ccc(OC(F)(F)F)cc1)OCO4. The normalized spacial score (nSPS) is 18.9. The molecule has 4 aliphatic rings. The number of benzene rings is 2. The summed E-state index contributed by atoms with van der Waals surface area (Å²) < 4.78 is 66.0. The molecular weight excluding hydrogens is 547 g/mol. The fraction of sp³-hybridized carbons (Fsp3) is 0.394. The summed E-state index contributed by atoms with van der Waals surface area (Å²) in [6.45, 7) is 3.76. The average Bonchev–Trinajstić information content (AvgIpc) is 3.43. The van der Waals surface area contributed by atoms with Crippen molar-refractivity contribution in [3.8, 4) is 17.2 Å². The summed E-state index contributed by atoms with van der Waals surface area (Å²) in [5.74, 6) is 1.96. The Morgan fingerprint density at radius 1 is 1.00 bits per heavy atom. The molecule has 0 N–H and O–H groups in total. The first-order valence-corrected chi connectivity index (χ1v) is 14.4. The van der Waals surface area contributed by atoms with E-state index in [1.165, 1.54) is 24.1 Å². The van der Waals surface area contributed by atoms with Gasteiger partial charge in [0.1, 0.15) is 17.6 Å². The van der Waals surface area contributed by atoms with Crippen molar-refractivity contribution in [1.82, 2.24) is 4.90 Å². The fourth-order valence-electron chi connectivity index (χ4n) is 6.00. The van der Waals surface area contributed by atoms with Crippen molar-refractivity contribution in [2.45, 2.75) is 57.9 Å². The van der Waals surface area contributed by atoms with Gasteiger partial charge in [0, 0.05) is 36.9 Å². The number of allylic oxidation sites excluding steroid dienone is 3. The Hall–Kier alpha value is -3.85. The Balaban J connectivity index is 1.40. The summed E-state index contributed by atoms with van der Waals surface area (Å²) in [5.41, 5.74) is 7.25. The van der Waals surface area contributed by atoms with Crippen LogP contribution in [0.4, 0.5) is 13.2 Å². The molecule has 0 radical (unpaired) electrons. The predicted octanol–water partition coefficient (Wildman–Crippen LogP) is 7.46. The topological polar surface area (TPSA) is 49.4 Å². The molecule has 222 valence electrons. The highest BCUT2D eigenvalue weighted by Gasteiger charge is 2.37. The van der Waals surface area contributed by atoms with Gasteiger partial charge in [0.15, 0.2) is 11.5 Å². The number of alkyl halides is 3. The van der Waals surface area contributed by atoms with E-state index in [0.29, 0.717) is 18.8 Å². The molecule has 0 saturated carbocycles. The van der Waals surface area contributed by atoms with Gasteiger partial charge >= 0.3 is 6.36 Å². The van der Waals surface area contributed by atoms with Crippen LogP contribution in [-0.4, -0.2) is 44.4 Å². The van der Waals surface area contributed by atoms with Crippen LogP contribution >= 0.6 is 0 Å². The molecule has 6 rings (SSSR count). The number of fused-ring (bicyclic) bond motifs is 5. The number of unbranched alkanes of at least 4 members (excludes halogenated alkanes) is 3. The highest BCUT2D eigenvalue weighted by molar-refractivity contribution is 5.82. The third kappa shape index (κ3) is 5.75. The van der Waals surface area contributed by atoms with Crippen molar-refractivity contribution in [3.05, 3.63) is 93.9 Å². The van der Waals surface area contributed by atoms with Crippen LogP contribution in [0.25, 0.3) is 5.70 Å². The van der Waals surface area contributed by atoms with Crippen LogP contribution in [0.1, 0.15) is 49.3 Å². The molecule has 0 aromatic heterocycles. The minimum Gasteiger partial charge on any atom is -0.498 e. The summed E-state index contributed by atoms with van der Waals surface area (Å²) in [6.07, 6.45) is 6.82. The van der Waals surface area contributed by atoms with Crippen molar-refractivity contribution in [1.29, 1.82) is 0 Å². The van der Waals surface area contributed by atoms with E-state index in [1.54, 1.807) is 19.2 Å². The van der Waals surface area contributed by atoms with E-state index in [0.717, 1.165) is 77.3 Å². The molecule has 0 saturated heterocycles. The lowest BCUT2D eigenvalue weighted by atomic mass is 9.80. The van der Waals surface area contributed by atoms with Crippen LogP contribution < -0.4 is 14.2 Å². The number of rotatable bonds is 10. The Bertz CT molecular complexity index is 1460. The minimum absolute atomic E-state index is 0.192. The molecule has 0 bridgehead atoms. The molecular formula is C33H34F3NO5. The van der Waals surface area contributed by atoms with Crippen molar-refractivity contribution in [2.24, 2.45) is 0 Å². The lowest BCUT2D eigenvalue weighted by molar-refractivity contribution is -0.274. The molecule has 0 spiro atoms. The molecule has 6 nitrogen and oxygen atoms in total. The lowest BCUT2D eigenvalue weighted by Gasteiger charge is -2.40. The zero-order chi connectivity index (χ0) is 29.3. The van der Waals surface area contributed by atoms with Crippen molar-refractivity contribution >= 4 is 5.70 Å². The Kier molecular flexibility index (Phi) is 7.94. The summed E-state index contributed by atoms with van der Waals surface area (Å²) in [7, 11) is 1.66. The number of ether oxygens (including phenoxy) is 5. The molecule has 2 aromatic rings. The minimum atomic E-state index is -4.74. The molecule has 3 heterocycles. The Morgan fingerprint density at radius 3 is 2.52 bits per heavy atom. The van der Waals surface area contributed by atoms with Gasteiger partial charge in [0.25, 0.3) is 0 Å². The van der Waals surface area contributed by atoms with Crippen LogP contribution in [0, 0.1) is 0 Å². The molecule has 9 heteroatoms. The van der Waals surface area contributed by atoms with Crippen molar-refractivity contribution < 1.29 is 36.9 Å². The Labute approximate surface area is 243 Å². The zero-order valence-electron chi connectivity index (χ0n) is 23.8. The maximum atomic E-state index is 12.8. The summed E-state index contributed by atoms with van der Waals surface area (Å²) in [5, 5.41) is 0. The monoisotopic (exact) mass is 581 g/mol. The van der Waals surface area contributed by atoms with Gasteiger partial charge in [-0.3, -0.25) is 0 Å². The zero-order valence-corrected chi connectivity index (χ0v) is 23.8. The molecule has 1 atom stereocenters. The number of hydrogen-bond acceptors (Lipinski definition) is 6. The number of halogens is 3. The molecule has 1 aliphatic carbocycles. The van der Waals surface area contributed by atoms with Gasteiger partial charge in [-0.15, -0.1) is 13.2 Å². The van der Waals surface area contributed by atoms with Gasteiger partial charge in [0.05, 0.1) is 12.8 Å². The van der Waals surface area contributed by atoms with Gasteiger partial charge in [0.2, 0.25) is 6.79 Å².